The molecule has 3 nitrogen and oxygen atoms in total. The summed E-state index contributed by atoms with van der Waals surface area (Å²) in [6.07, 6.45) is 1.32. The summed E-state index contributed by atoms with van der Waals surface area (Å²) < 4.78 is 11.2. The lowest BCUT2D eigenvalue weighted by Gasteiger charge is -2.14. The van der Waals surface area contributed by atoms with Crippen molar-refractivity contribution in [2.45, 2.75) is 28.7 Å². The Morgan fingerprint density at radius 2 is 2.27 bits per heavy atom. The molecule has 0 unspecified atom stereocenters. The normalized spacial score (nSPS) is 58.6. The number of carbonyl (C=O) groups is 1. The molecule has 0 N–H and O–H groups in total. The molecule has 0 spiro atoms. The Hall–Kier alpha value is 0.160. The molecule has 3 saturated heterocycles. The third-order valence-electron chi connectivity index (χ3n) is 2.76. The maximum atomic E-state index is 11.1. The molecule has 0 radical (unpaired) electrons. The van der Waals surface area contributed by atoms with Crippen LogP contribution in [0.2, 0.25) is 0 Å². The molecule has 3 heterocycles. The first-order valence-electron chi connectivity index (χ1n) is 3.77. The summed E-state index contributed by atoms with van der Waals surface area (Å²) in [5.41, 5.74) is 0. The topological polar surface area (TPSA) is 35.5 Å². The van der Waals surface area contributed by atoms with Crippen molar-refractivity contribution in [3.05, 3.63) is 0 Å². The van der Waals surface area contributed by atoms with E-state index in [4.69, 9.17) is 9.47 Å². The van der Waals surface area contributed by atoms with Crippen LogP contribution in [0.15, 0.2) is 0 Å². The van der Waals surface area contributed by atoms with E-state index in [-0.39, 0.29) is 30.2 Å². The van der Waals surface area contributed by atoms with Gasteiger partial charge in [0.15, 0.2) is 0 Å². The Balaban J connectivity index is 2.04. The second-order valence-electron chi connectivity index (χ2n) is 3.33. The Labute approximate surface area is 77.6 Å². The summed E-state index contributed by atoms with van der Waals surface area (Å²) >= 11 is 2.32. The minimum Gasteiger partial charge on any atom is -0.458 e. The fourth-order valence-corrected chi connectivity index (χ4v) is 3.24. The first-order valence-corrected chi connectivity index (χ1v) is 5.02. The molecule has 0 aliphatic carbocycles. The fraction of sp³-hybridized carbons (Fsp3) is 0.857. The number of hydrogen-bond acceptors (Lipinski definition) is 3. The van der Waals surface area contributed by atoms with Crippen LogP contribution in [-0.2, 0) is 14.3 Å². The van der Waals surface area contributed by atoms with Crippen LogP contribution < -0.4 is 0 Å². The third kappa shape index (κ3) is 0.654. The van der Waals surface area contributed by atoms with E-state index in [2.05, 4.69) is 22.6 Å². The molecule has 0 aromatic rings. The average Bonchev–Trinajstić information content (AvgIpc) is 2.53. The van der Waals surface area contributed by atoms with Gasteiger partial charge in [0.05, 0.1) is 15.9 Å². The maximum Gasteiger partial charge on any atom is 0.312 e. The summed E-state index contributed by atoms with van der Waals surface area (Å²) in [7, 11) is 0. The molecular formula is C7H7IO3. The van der Waals surface area contributed by atoms with Crippen molar-refractivity contribution < 1.29 is 14.3 Å². The van der Waals surface area contributed by atoms with E-state index in [0.717, 1.165) is 6.42 Å². The van der Waals surface area contributed by atoms with Crippen molar-refractivity contribution in [1.29, 1.82) is 0 Å². The predicted octanol–water partition coefficient (Wildman–Crippen LogP) is 0.503. The smallest absolute Gasteiger partial charge is 0.312 e. The van der Waals surface area contributed by atoms with Crippen LogP contribution in [0, 0.1) is 5.92 Å². The summed E-state index contributed by atoms with van der Waals surface area (Å²) in [4.78, 5) is 11.1. The fourth-order valence-electron chi connectivity index (χ4n) is 2.22. The van der Waals surface area contributed by atoms with Gasteiger partial charge in [-0.2, -0.15) is 0 Å². The van der Waals surface area contributed by atoms with E-state index in [1.807, 2.05) is 0 Å². The van der Waals surface area contributed by atoms with Gasteiger partial charge in [-0.3, -0.25) is 4.79 Å². The number of ether oxygens (including phenoxy) is 2. The number of halogens is 1. The molecule has 0 saturated carbocycles. The number of carbonyl (C=O) groups excluding carboxylic acids is 1. The first-order chi connectivity index (χ1) is 5.27. The van der Waals surface area contributed by atoms with Gasteiger partial charge in [0.2, 0.25) is 0 Å². The number of fused-ring (bicyclic) bond motifs is 1. The number of hydrogen-bond donors (Lipinski definition) is 0. The second-order valence-corrected chi connectivity index (χ2v) is 4.77. The lowest BCUT2D eigenvalue weighted by atomic mass is 9.90. The van der Waals surface area contributed by atoms with Crippen LogP contribution in [0.5, 0.6) is 0 Å². The molecule has 2 bridgehead atoms. The molecule has 11 heavy (non-hydrogen) atoms. The zero-order chi connectivity index (χ0) is 7.59. The van der Waals surface area contributed by atoms with Gasteiger partial charge in [0.1, 0.15) is 12.2 Å². The summed E-state index contributed by atoms with van der Waals surface area (Å²) in [5.74, 6) is 0.0256. The molecule has 60 valence electrons. The third-order valence-corrected chi connectivity index (χ3v) is 4.27. The van der Waals surface area contributed by atoms with Crippen LogP contribution in [0.1, 0.15) is 6.42 Å². The van der Waals surface area contributed by atoms with Gasteiger partial charge >= 0.3 is 5.97 Å². The van der Waals surface area contributed by atoms with Gasteiger partial charge in [-0.05, 0) is 6.42 Å². The van der Waals surface area contributed by atoms with Crippen LogP contribution >= 0.6 is 22.6 Å². The van der Waals surface area contributed by atoms with E-state index >= 15 is 0 Å². The lowest BCUT2D eigenvalue weighted by Crippen LogP contribution is -2.31. The quantitative estimate of drug-likeness (QED) is 0.364. The summed E-state index contributed by atoms with van der Waals surface area (Å²) in [5, 5.41) is 0. The van der Waals surface area contributed by atoms with E-state index in [1.165, 1.54) is 0 Å². The van der Waals surface area contributed by atoms with Crippen LogP contribution in [-0.4, -0.2) is 28.2 Å². The standard InChI is InChI=1S/C7H7IO3/c8-4-3-1-2-5(10-3)6(4)11-7(2)9/h2-6H,1H2/t2-,3+,4+,5-,6-/m1/s1. The Kier molecular flexibility index (Phi) is 1.15. The highest BCUT2D eigenvalue weighted by atomic mass is 127. The zero-order valence-corrected chi connectivity index (χ0v) is 7.85. The molecule has 3 aliphatic rings. The Morgan fingerprint density at radius 3 is 2.91 bits per heavy atom. The average molecular weight is 266 g/mol. The maximum absolute atomic E-state index is 11.1. The molecule has 3 rings (SSSR count). The molecular weight excluding hydrogens is 259 g/mol. The molecule has 4 heteroatoms. The largest absolute Gasteiger partial charge is 0.458 e. The second kappa shape index (κ2) is 1.90. The van der Waals surface area contributed by atoms with Crippen LogP contribution in [0.4, 0.5) is 0 Å². The van der Waals surface area contributed by atoms with Crippen molar-refractivity contribution in [3.8, 4) is 0 Å². The van der Waals surface area contributed by atoms with Crippen molar-refractivity contribution in [2.75, 3.05) is 0 Å². The number of esters is 1. The van der Waals surface area contributed by atoms with Gasteiger partial charge in [-0.15, -0.1) is 0 Å². The molecule has 5 atom stereocenters. The van der Waals surface area contributed by atoms with Crippen LogP contribution in [0.25, 0.3) is 0 Å². The van der Waals surface area contributed by atoms with Crippen molar-refractivity contribution in [2.24, 2.45) is 5.92 Å². The van der Waals surface area contributed by atoms with Crippen LogP contribution in [0.3, 0.4) is 0 Å². The van der Waals surface area contributed by atoms with E-state index in [9.17, 15) is 4.79 Å². The monoisotopic (exact) mass is 266 g/mol. The first kappa shape index (κ1) is 6.65. The summed E-state index contributed by atoms with van der Waals surface area (Å²) in [6.45, 7) is 0. The molecule has 3 fully saturated rings. The van der Waals surface area contributed by atoms with Crippen molar-refractivity contribution in [1.82, 2.24) is 0 Å². The van der Waals surface area contributed by atoms with Gasteiger partial charge in [0.25, 0.3) is 0 Å². The highest BCUT2D eigenvalue weighted by Crippen LogP contribution is 2.48. The SMILES string of the molecule is O=C1O[C@@H]2[C@@H](I)[C@@H]3C[C@@H]1[C@H]2O3. The molecule has 0 amide bonds. The highest BCUT2D eigenvalue weighted by Gasteiger charge is 2.62. The van der Waals surface area contributed by atoms with E-state index < -0.39 is 0 Å². The van der Waals surface area contributed by atoms with Crippen molar-refractivity contribution >= 4 is 28.6 Å². The molecule has 0 aromatic heterocycles. The van der Waals surface area contributed by atoms with Gasteiger partial charge in [-0.25, -0.2) is 0 Å². The predicted molar refractivity (Wildman–Crippen MR) is 44.5 cm³/mol. The summed E-state index contributed by atoms with van der Waals surface area (Å²) in [6, 6.07) is 0. The zero-order valence-electron chi connectivity index (χ0n) is 5.70. The molecule has 3 aliphatic heterocycles. The minimum atomic E-state index is -0.0401. The van der Waals surface area contributed by atoms with Gasteiger partial charge < -0.3 is 9.47 Å². The highest BCUT2D eigenvalue weighted by molar-refractivity contribution is 14.1. The Morgan fingerprint density at radius 1 is 1.45 bits per heavy atom. The van der Waals surface area contributed by atoms with E-state index in [0.29, 0.717) is 3.92 Å². The van der Waals surface area contributed by atoms with Gasteiger partial charge in [-0.1, -0.05) is 22.6 Å². The van der Waals surface area contributed by atoms with Crippen molar-refractivity contribution in [3.63, 3.8) is 0 Å². The number of alkyl halides is 1. The van der Waals surface area contributed by atoms with Gasteiger partial charge in [0, 0.05) is 0 Å². The lowest BCUT2D eigenvalue weighted by molar-refractivity contribution is -0.143. The molecule has 0 aromatic carbocycles. The van der Waals surface area contributed by atoms with E-state index in [1.54, 1.807) is 0 Å². The Bertz CT molecular complexity index is 230. The minimum absolute atomic E-state index is 0.0401. The number of rotatable bonds is 0.